The Bertz CT molecular complexity index is 472. The Balaban J connectivity index is 2.93. The average Bonchev–Trinajstić information content (AvgIpc) is 2.27. The predicted molar refractivity (Wildman–Crippen MR) is 66.8 cm³/mol. The fourth-order valence-corrected chi connectivity index (χ4v) is 2.38. The van der Waals surface area contributed by atoms with E-state index in [4.69, 9.17) is 11.1 Å². The van der Waals surface area contributed by atoms with Crippen LogP contribution in [0.15, 0.2) is 30.3 Å². The molecule has 17 heavy (non-hydrogen) atoms. The van der Waals surface area contributed by atoms with Gasteiger partial charge in [0.2, 0.25) is 0 Å². The quantitative estimate of drug-likeness (QED) is 0.428. The van der Waals surface area contributed by atoms with Crippen molar-refractivity contribution in [2.45, 2.75) is 13.0 Å². The van der Waals surface area contributed by atoms with Crippen molar-refractivity contribution >= 4 is 16.0 Å². The zero-order valence-corrected chi connectivity index (χ0v) is 10.3. The summed E-state index contributed by atoms with van der Waals surface area (Å²) in [5.41, 5.74) is 6.03. The van der Waals surface area contributed by atoms with E-state index in [2.05, 4.69) is 9.44 Å². The highest BCUT2D eigenvalue weighted by atomic mass is 32.2. The Morgan fingerprint density at radius 1 is 1.41 bits per heavy atom. The van der Waals surface area contributed by atoms with E-state index < -0.39 is 16.3 Å². The first-order valence-electron chi connectivity index (χ1n) is 5.12. The molecule has 0 spiro atoms. The third kappa shape index (κ3) is 4.14. The molecule has 0 aromatic heterocycles. The molecule has 0 heterocycles. The first-order valence-corrected chi connectivity index (χ1v) is 6.60. The summed E-state index contributed by atoms with van der Waals surface area (Å²) in [4.78, 5) is 0. The summed E-state index contributed by atoms with van der Waals surface area (Å²) in [6.07, 6.45) is 0. The van der Waals surface area contributed by atoms with Gasteiger partial charge in [0.25, 0.3) is 10.2 Å². The summed E-state index contributed by atoms with van der Waals surface area (Å²) < 4.78 is 27.7. The summed E-state index contributed by atoms with van der Waals surface area (Å²) in [5, 5.41) is 7.42. The van der Waals surface area contributed by atoms with Crippen LogP contribution >= 0.6 is 0 Å². The summed E-state index contributed by atoms with van der Waals surface area (Å²) in [7, 11) is -3.64. The number of benzene rings is 1. The van der Waals surface area contributed by atoms with Gasteiger partial charge in [0.1, 0.15) is 11.9 Å². The number of amidine groups is 1. The van der Waals surface area contributed by atoms with Crippen LogP contribution in [0, 0.1) is 5.41 Å². The van der Waals surface area contributed by atoms with Gasteiger partial charge in [-0.25, -0.2) is 4.72 Å². The van der Waals surface area contributed by atoms with Crippen molar-refractivity contribution in [1.29, 1.82) is 5.41 Å². The lowest BCUT2D eigenvalue weighted by molar-refractivity contribution is 0.563. The summed E-state index contributed by atoms with van der Waals surface area (Å²) in [6, 6.07) is 7.89. The first kappa shape index (κ1) is 13.6. The highest BCUT2D eigenvalue weighted by Crippen LogP contribution is 2.12. The molecule has 7 heteroatoms. The predicted octanol–water partition coefficient (Wildman–Crippen LogP) is 0.108. The molecule has 0 radical (unpaired) electrons. The lowest BCUT2D eigenvalue weighted by Crippen LogP contribution is -2.43. The topological polar surface area (TPSA) is 108 Å². The van der Waals surface area contributed by atoms with Crippen LogP contribution in [0.1, 0.15) is 18.5 Å². The van der Waals surface area contributed by atoms with Crippen LogP contribution in [0.2, 0.25) is 0 Å². The minimum atomic E-state index is -3.64. The van der Waals surface area contributed by atoms with E-state index in [9.17, 15) is 8.42 Å². The number of hydrogen-bond acceptors (Lipinski definition) is 3. The summed E-state index contributed by atoms with van der Waals surface area (Å²) >= 11 is 0. The van der Waals surface area contributed by atoms with E-state index in [0.29, 0.717) is 5.56 Å². The molecule has 0 aliphatic carbocycles. The van der Waals surface area contributed by atoms with Crippen molar-refractivity contribution in [2.75, 3.05) is 6.54 Å². The molecule has 0 amide bonds. The zero-order valence-electron chi connectivity index (χ0n) is 9.47. The molecule has 6 nitrogen and oxygen atoms in total. The fourth-order valence-electron chi connectivity index (χ4n) is 1.34. The Morgan fingerprint density at radius 3 is 2.47 bits per heavy atom. The largest absolute Gasteiger partial charge is 0.386 e. The van der Waals surface area contributed by atoms with Gasteiger partial charge in [-0.15, -0.1) is 0 Å². The SMILES string of the molecule is CCNS(=O)(=O)NC(C(=N)N)c1ccccc1. The van der Waals surface area contributed by atoms with Crippen LogP contribution in [0.5, 0.6) is 0 Å². The number of nitrogens with one attached hydrogen (secondary N) is 3. The van der Waals surface area contributed by atoms with Gasteiger partial charge in [0.05, 0.1) is 0 Å². The van der Waals surface area contributed by atoms with Gasteiger partial charge in [0, 0.05) is 6.54 Å². The van der Waals surface area contributed by atoms with Crippen molar-refractivity contribution in [3.05, 3.63) is 35.9 Å². The molecular formula is C10H16N4O2S. The van der Waals surface area contributed by atoms with Gasteiger partial charge in [0.15, 0.2) is 0 Å². The Kier molecular flexibility index (Phi) is 4.62. The average molecular weight is 256 g/mol. The van der Waals surface area contributed by atoms with Gasteiger partial charge in [-0.2, -0.15) is 13.1 Å². The molecule has 94 valence electrons. The molecule has 1 rings (SSSR count). The van der Waals surface area contributed by atoms with Crippen LogP contribution in [-0.4, -0.2) is 20.8 Å². The smallest absolute Gasteiger partial charge is 0.277 e. The molecule has 0 fully saturated rings. The molecule has 1 aromatic rings. The molecule has 0 aliphatic rings. The molecule has 1 aromatic carbocycles. The van der Waals surface area contributed by atoms with Crippen LogP contribution in [-0.2, 0) is 10.2 Å². The molecule has 1 unspecified atom stereocenters. The molecule has 0 saturated heterocycles. The second-order valence-corrected chi connectivity index (χ2v) is 4.95. The minimum Gasteiger partial charge on any atom is -0.386 e. The molecule has 1 atom stereocenters. The van der Waals surface area contributed by atoms with Crippen molar-refractivity contribution < 1.29 is 8.42 Å². The Hall–Kier alpha value is -1.44. The number of hydrogen-bond donors (Lipinski definition) is 4. The van der Waals surface area contributed by atoms with Crippen LogP contribution in [0.3, 0.4) is 0 Å². The maximum Gasteiger partial charge on any atom is 0.277 e. The maximum absolute atomic E-state index is 11.5. The van der Waals surface area contributed by atoms with Gasteiger partial charge in [-0.3, -0.25) is 5.41 Å². The second-order valence-electron chi connectivity index (χ2n) is 3.42. The third-order valence-electron chi connectivity index (χ3n) is 2.05. The van der Waals surface area contributed by atoms with Crippen molar-refractivity contribution in [2.24, 2.45) is 5.73 Å². The minimum absolute atomic E-state index is 0.252. The number of rotatable bonds is 6. The van der Waals surface area contributed by atoms with E-state index in [1.165, 1.54) is 0 Å². The van der Waals surface area contributed by atoms with Gasteiger partial charge < -0.3 is 5.73 Å². The van der Waals surface area contributed by atoms with Crippen LogP contribution in [0.4, 0.5) is 0 Å². The third-order valence-corrected chi connectivity index (χ3v) is 3.27. The summed E-state index contributed by atoms with van der Waals surface area (Å²) in [6.45, 7) is 1.94. The van der Waals surface area contributed by atoms with E-state index in [-0.39, 0.29) is 12.4 Å². The summed E-state index contributed by atoms with van der Waals surface area (Å²) in [5.74, 6) is -0.252. The van der Waals surface area contributed by atoms with E-state index in [1.54, 1.807) is 37.3 Å². The van der Waals surface area contributed by atoms with Crippen molar-refractivity contribution in [3.8, 4) is 0 Å². The first-order chi connectivity index (χ1) is 7.96. The van der Waals surface area contributed by atoms with Gasteiger partial charge in [-0.1, -0.05) is 37.3 Å². The molecule has 0 aliphatic heterocycles. The van der Waals surface area contributed by atoms with Crippen LogP contribution in [0.25, 0.3) is 0 Å². The monoisotopic (exact) mass is 256 g/mol. The van der Waals surface area contributed by atoms with E-state index in [0.717, 1.165) is 0 Å². The highest BCUT2D eigenvalue weighted by molar-refractivity contribution is 7.87. The Labute approximate surface area is 101 Å². The highest BCUT2D eigenvalue weighted by Gasteiger charge is 2.20. The fraction of sp³-hybridized carbons (Fsp3) is 0.300. The lowest BCUT2D eigenvalue weighted by atomic mass is 10.1. The van der Waals surface area contributed by atoms with Gasteiger partial charge >= 0.3 is 0 Å². The molecule has 0 bridgehead atoms. The molecule has 0 saturated carbocycles. The Morgan fingerprint density at radius 2 is 2.00 bits per heavy atom. The maximum atomic E-state index is 11.5. The van der Waals surface area contributed by atoms with E-state index >= 15 is 0 Å². The molecular weight excluding hydrogens is 240 g/mol. The second kappa shape index (κ2) is 5.76. The van der Waals surface area contributed by atoms with Gasteiger partial charge in [-0.05, 0) is 5.56 Å². The van der Waals surface area contributed by atoms with Crippen molar-refractivity contribution in [3.63, 3.8) is 0 Å². The zero-order chi connectivity index (χ0) is 12.9. The molecule has 5 N–H and O–H groups in total. The van der Waals surface area contributed by atoms with Crippen molar-refractivity contribution in [1.82, 2.24) is 9.44 Å². The normalized spacial score (nSPS) is 13.2. The standard InChI is InChI=1S/C10H16N4O2S/c1-2-13-17(15,16)14-9(10(11)12)8-6-4-3-5-7-8/h3-7,9,13-14H,2H2,1H3,(H3,11,12). The number of nitrogens with two attached hydrogens (primary N) is 1. The lowest BCUT2D eigenvalue weighted by Gasteiger charge is -2.17. The van der Waals surface area contributed by atoms with Crippen LogP contribution < -0.4 is 15.2 Å². The van der Waals surface area contributed by atoms with E-state index in [1.807, 2.05) is 0 Å².